The van der Waals surface area contributed by atoms with Gasteiger partial charge >= 0.3 is 0 Å². The zero-order chi connectivity index (χ0) is 14.8. The fraction of sp³-hybridized carbons (Fsp3) is 0.294. The normalized spacial score (nSPS) is 14.2. The lowest BCUT2D eigenvalue weighted by molar-refractivity contribution is 0.469. The molecule has 0 spiro atoms. The van der Waals surface area contributed by atoms with Gasteiger partial charge in [0.2, 0.25) is 0 Å². The Morgan fingerprint density at radius 2 is 2.05 bits per heavy atom. The van der Waals surface area contributed by atoms with E-state index in [0.717, 1.165) is 38.7 Å². The monoisotopic (exact) mass is 365 g/mol. The molecule has 1 aliphatic carbocycles. The molecule has 1 N–H and O–H groups in total. The van der Waals surface area contributed by atoms with E-state index in [0.29, 0.717) is 6.04 Å². The molecule has 21 heavy (non-hydrogen) atoms. The van der Waals surface area contributed by atoms with E-state index in [1.165, 1.54) is 12.8 Å². The molecule has 2 aromatic carbocycles. The van der Waals surface area contributed by atoms with Crippen molar-refractivity contribution in [2.24, 2.45) is 0 Å². The summed E-state index contributed by atoms with van der Waals surface area (Å²) in [5.41, 5.74) is 2.11. The van der Waals surface area contributed by atoms with Crippen LogP contribution >= 0.6 is 27.5 Å². The van der Waals surface area contributed by atoms with Crippen LogP contribution in [-0.4, -0.2) is 6.04 Å². The third kappa shape index (κ3) is 3.79. The van der Waals surface area contributed by atoms with Crippen LogP contribution in [0.5, 0.6) is 11.5 Å². The first-order chi connectivity index (χ1) is 10.1. The van der Waals surface area contributed by atoms with Gasteiger partial charge in [0.05, 0.1) is 0 Å². The molecule has 0 saturated heterocycles. The number of halogens is 2. The molecular formula is C17H17BrClNO. The summed E-state index contributed by atoms with van der Waals surface area (Å²) in [6.45, 7) is 2.78. The summed E-state index contributed by atoms with van der Waals surface area (Å²) in [4.78, 5) is 0. The van der Waals surface area contributed by atoms with Crippen molar-refractivity contribution in [1.82, 2.24) is 5.32 Å². The Bertz CT molecular complexity index is 655. The number of aryl methyl sites for hydroxylation is 1. The second-order valence-corrected chi connectivity index (χ2v) is 6.71. The van der Waals surface area contributed by atoms with Gasteiger partial charge in [0.25, 0.3) is 0 Å². The first-order valence-electron chi connectivity index (χ1n) is 7.08. The molecule has 0 amide bonds. The average Bonchev–Trinajstić information content (AvgIpc) is 3.25. The van der Waals surface area contributed by atoms with E-state index >= 15 is 0 Å². The molecule has 1 fully saturated rings. The third-order valence-corrected chi connectivity index (χ3v) is 4.42. The van der Waals surface area contributed by atoms with Gasteiger partial charge in [-0.2, -0.15) is 0 Å². The molecule has 0 radical (unpaired) electrons. The molecule has 3 rings (SSSR count). The van der Waals surface area contributed by atoms with Crippen LogP contribution in [-0.2, 0) is 6.54 Å². The quantitative estimate of drug-likeness (QED) is 0.759. The van der Waals surface area contributed by atoms with Gasteiger partial charge in [0.1, 0.15) is 11.5 Å². The zero-order valence-corrected chi connectivity index (χ0v) is 14.2. The summed E-state index contributed by atoms with van der Waals surface area (Å²) in [5.74, 6) is 1.68. The van der Waals surface area contributed by atoms with Gasteiger partial charge in [-0.05, 0) is 55.7 Å². The van der Waals surface area contributed by atoms with Gasteiger partial charge < -0.3 is 10.1 Å². The van der Waals surface area contributed by atoms with E-state index in [9.17, 15) is 0 Å². The van der Waals surface area contributed by atoms with Crippen molar-refractivity contribution >= 4 is 27.5 Å². The van der Waals surface area contributed by atoms with Crippen LogP contribution in [0, 0.1) is 6.92 Å². The number of hydrogen-bond donors (Lipinski definition) is 1. The molecule has 0 aromatic heterocycles. The van der Waals surface area contributed by atoms with Crippen LogP contribution in [0.1, 0.15) is 24.0 Å². The maximum Gasteiger partial charge on any atom is 0.133 e. The highest BCUT2D eigenvalue weighted by atomic mass is 79.9. The average molecular weight is 367 g/mol. The van der Waals surface area contributed by atoms with Crippen LogP contribution < -0.4 is 10.1 Å². The Morgan fingerprint density at radius 1 is 1.24 bits per heavy atom. The molecule has 0 bridgehead atoms. The predicted molar refractivity (Wildman–Crippen MR) is 90.3 cm³/mol. The van der Waals surface area contributed by atoms with Crippen molar-refractivity contribution in [3.8, 4) is 11.5 Å². The maximum atomic E-state index is 6.34. The maximum absolute atomic E-state index is 6.34. The SMILES string of the molecule is Cc1cc(Br)ccc1Oc1cccc(Cl)c1CNC1CC1. The second kappa shape index (κ2) is 6.39. The second-order valence-electron chi connectivity index (χ2n) is 5.38. The number of hydrogen-bond acceptors (Lipinski definition) is 2. The highest BCUT2D eigenvalue weighted by molar-refractivity contribution is 9.10. The van der Waals surface area contributed by atoms with E-state index in [4.69, 9.17) is 16.3 Å². The van der Waals surface area contributed by atoms with Crippen molar-refractivity contribution in [3.63, 3.8) is 0 Å². The molecule has 0 atom stereocenters. The van der Waals surface area contributed by atoms with Gasteiger partial charge in [-0.3, -0.25) is 0 Å². The smallest absolute Gasteiger partial charge is 0.133 e. The summed E-state index contributed by atoms with van der Waals surface area (Å²) in [6.07, 6.45) is 2.51. The van der Waals surface area contributed by atoms with Crippen LogP contribution in [0.2, 0.25) is 5.02 Å². The summed E-state index contributed by atoms with van der Waals surface area (Å²) < 4.78 is 7.13. The van der Waals surface area contributed by atoms with Crippen molar-refractivity contribution in [1.29, 1.82) is 0 Å². The lowest BCUT2D eigenvalue weighted by Crippen LogP contribution is -2.16. The molecule has 2 nitrogen and oxygen atoms in total. The largest absolute Gasteiger partial charge is 0.457 e. The van der Waals surface area contributed by atoms with Crippen molar-refractivity contribution in [2.75, 3.05) is 0 Å². The van der Waals surface area contributed by atoms with Gasteiger partial charge in [-0.25, -0.2) is 0 Å². The number of rotatable bonds is 5. The van der Waals surface area contributed by atoms with Gasteiger partial charge in [-0.1, -0.05) is 33.6 Å². The molecule has 1 saturated carbocycles. The standard InChI is InChI=1S/C17H17BrClNO/c1-11-9-12(18)5-8-16(11)21-17-4-2-3-15(19)14(17)10-20-13-6-7-13/h2-5,8-9,13,20H,6-7,10H2,1H3. The summed E-state index contributed by atoms with van der Waals surface area (Å²) in [6, 6.07) is 12.4. The van der Waals surface area contributed by atoms with E-state index in [1.807, 2.05) is 43.3 Å². The molecular weight excluding hydrogens is 350 g/mol. The van der Waals surface area contributed by atoms with Crippen LogP contribution in [0.25, 0.3) is 0 Å². The number of benzene rings is 2. The van der Waals surface area contributed by atoms with E-state index in [-0.39, 0.29) is 0 Å². The number of ether oxygens (including phenoxy) is 1. The minimum Gasteiger partial charge on any atom is -0.457 e. The third-order valence-electron chi connectivity index (χ3n) is 3.58. The van der Waals surface area contributed by atoms with E-state index in [1.54, 1.807) is 0 Å². The fourth-order valence-electron chi connectivity index (χ4n) is 2.19. The lowest BCUT2D eigenvalue weighted by atomic mass is 10.2. The Morgan fingerprint density at radius 3 is 2.76 bits per heavy atom. The molecule has 1 aliphatic rings. The fourth-order valence-corrected chi connectivity index (χ4v) is 2.89. The Balaban J connectivity index is 1.84. The topological polar surface area (TPSA) is 21.3 Å². The molecule has 4 heteroatoms. The first-order valence-corrected chi connectivity index (χ1v) is 8.25. The summed E-state index contributed by atoms with van der Waals surface area (Å²) in [5, 5.41) is 4.24. The molecule has 0 aliphatic heterocycles. The summed E-state index contributed by atoms with van der Waals surface area (Å²) in [7, 11) is 0. The van der Waals surface area contributed by atoms with Crippen molar-refractivity contribution in [3.05, 3.63) is 57.0 Å². The minimum atomic E-state index is 0.642. The molecule has 2 aromatic rings. The number of nitrogens with one attached hydrogen (secondary N) is 1. The molecule has 0 unspecified atom stereocenters. The Kier molecular flexibility index (Phi) is 4.53. The molecule has 110 valence electrons. The lowest BCUT2D eigenvalue weighted by Gasteiger charge is -2.15. The first kappa shape index (κ1) is 14.9. The highest BCUT2D eigenvalue weighted by Gasteiger charge is 2.21. The van der Waals surface area contributed by atoms with Gasteiger partial charge in [0.15, 0.2) is 0 Å². The highest BCUT2D eigenvalue weighted by Crippen LogP contribution is 2.33. The molecule has 0 heterocycles. The van der Waals surface area contributed by atoms with Crippen LogP contribution in [0.4, 0.5) is 0 Å². The van der Waals surface area contributed by atoms with Crippen molar-refractivity contribution in [2.45, 2.75) is 32.4 Å². The van der Waals surface area contributed by atoms with Crippen molar-refractivity contribution < 1.29 is 4.74 Å². The van der Waals surface area contributed by atoms with Crippen LogP contribution in [0.3, 0.4) is 0 Å². The zero-order valence-electron chi connectivity index (χ0n) is 11.8. The minimum absolute atomic E-state index is 0.642. The Hall–Kier alpha value is -1.03. The summed E-state index contributed by atoms with van der Waals surface area (Å²) >= 11 is 9.81. The van der Waals surface area contributed by atoms with Gasteiger partial charge in [-0.15, -0.1) is 0 Å². The predicted octanol–water partition coefficient (Wildman–Crippen LogP) is 5.46. The van der Waals surface area contributed by atoms with Gasteiger partial charge in [0, 0.05) is 27.6 Å². The van der Waals surface area contributed by atoms with Crippen LogP contribution in [0.15, 0.2) is 40.9 Å². The van der Waals surface area contributed by atoms with E-state index in [2.05, 4.69) is 21.2 Å². The Labute approximate surface area is 138 Å². The van der Waals surface area contributed by atoms with E-state index < -0.39 is 0 Å².